The van der Waals surface area contributed by atoms with Gasteiger partial charge in [0.15, 0.2) is 0 Å². The SMILES string of the molecule is C=CC(CN)N(COCC[Si](C)(C)C)c1nc(NC)nc(OCc2cncc(OC[C@@H](C)O)c2)c1C. The second-order valence-corrected chi connectivity index (χ2v) is 15.5. The fourth-order valence-corrected chi connectivity index (χ4v) is 3.97. The Morgan fingerprint density at radius 1 is 1.25 bits per heavy atom. The molecule has 2 aromatic heterocycles. The summed E-state index contributed by atoms with van der Waals surface area (Å²) in [6.07, 6.45) is 4.53. The van der Waals surface area contributed by atoms with Gasteiger partial charge in [0.2, 0.25) is 11.8 Å². The molecule has 0 bridgehead atoms. The monoisotopic (exact) mass is 518 g/mol. The van der Waals surface area contributed by atoms with Gasteiger partial charge >= 0.3 is 0 Å². The molecule has 0 fully saturated rings. The van der Waals surface area contributed by atoms with Crippen LogP contribution < -0.4 is 25.4 Å². The van der Waals surface area contributed by atoms with E-state index in [2.05, 4.69) is 41.5 Å². The third kappa shape index (κ3) is 9.38. The molecule has 1 unspecified atom stereocenters. The van der Waals surface area contributed by atoms with Gasteiger partial charge in [0.05, 0.1) is 23.9 Å². The van der Waals surface area contributed by atoms with Crippen molar-refractivity contribution in [3.63, 3.8) is 0 Å². The lowest BCUT2D eigenvalue weighted by atomic mass is 10.2. The van der Waals surface area contributed by atoms with E-state index in [0.29, 0.717) is 43.3 Å². The first-order valence-corrected chi connectivity index (χ1v) is 15.9. The Hall–Kier alpha value is -2.73. The van der Waals surface area contributed by atoms with Crippen LogP contribution in [0.1, 0.15) is 18.1 Å². The molecule has 10 nitrogen and oxygen atoms in total. The molecule has 4 N–H and O–H groups in total. The molecule has 0 aliphatic heterocycles. The number of ether oxygens (including phenoxy) is 3. The van der Waals surface area contributed by atoms with Gasteiger partial charge < -0.3 is 35.3 Å². The highest BCUT2D eigenvalue weighted by Gasteiger charge is 2.23. The molecular formula is C25H42N6O4Si. The van der Waals surface area contributed by atoms with E-state index in [1.54, 1.807) is 32.4 Å². The van der Waals surface area contributed by atoms with E-state index in [4.69, 9.17) is 24.9 Å². The molecule has 11 heteroatoms. The van der Waals surface area contributed by atoms with Gasteiger partial charge in [-0.3, -0.25) is 4.98 Å². The zero-order valence-electron chi connectivity index (χ0n) is 22.5. The lowest BCUT2D eigenvalue weighted by Gasteiger charge is -2.31. The van der Waals surface area contributed by atoms with Crippen LogP contribution in [0.3, 0.4) is 0 Å². The Kier molecular flexibility index (Phi) is 11.6. The van der Waals surface area contributed by atoms with E-state index in [-0.39, 0.29) is 19.3 Å². The molecule has 0 aliphatic carbocycles. The third-order valence-corrected chi connectivity index (χ3v) is 7.05. The fraction of sp³-hybridized carbons (Fsp3) is 0.560. The Balaban J connectivity index is 2.26. The van der Waals surface area contributed by atoms with Crippen LogP contribution in [0.15, 0.2) is 31.1 Å². The summed E-state index contributed by atoms with van der Waals surface area (Å²) < 4.78 is 17.7. The van der Waals surface area contributed by atoms with Crippen LogP contribution in [0, 0.1) is 6.92 Å². The van der Waals surface area contributed by atoms with Crippen LogP contribution in [0.4, 0.5) is 11.8 Å². The predicted octanol–water partition coefficient (Wildman–Crippen LogP) is 3.19. The zero-order valence-corrected chi connectivity index (χ0v) is 23.5. The number of nitrogens with zero attached hydrogens (tertiary/aromatic N) is 4. The zero-order chi connectivity index (χ0) is 26.7. The lowest BCUT2D eigenvalue weighted by Crippen LogP contribution is -2.42. The Bertz CT molecular complexity index is 970. The summed E-state index contributed by atoms with van der Waals surface area (Å²) in [5.74, 6) is 2.09. The molecule has 0 saturated carbocycles. The number of anilines is 2. The van der Waals surface area contributed by atoms with Crippen LogP contribution in [-0.2, 0) is 11.3 Å². The molecule has 0 amide bonds. The van der Waals surface area contributed by atoms with E-state index < -0.39 is 14.2 Å². The number of aliphatic hydroxyl groups is 1. The molecular weight excluding hydrogens is 476 g/mol. The standard InChI is InChI=1S/C25H42N6O4Si/c1-8-21(12-26)31(17-33-9-10-36(5,6)7)23-19(3)24(30-25(27-4)29-23)35-16-20-11-22(14-28-13-20)34-15-18(2)32/h8,11,13-14,18,21,32H,1,9-10,12,15-17,26H2,2-7H3,(H,27,29,30)/t18-,21?/m1/s1. The van der Waals surface area contributed by atoms with Crippen molar-refractivity contribution in [2.45, 2.75) is 58.3 Å². The van der Waals surface area contributed by atoms with Crippen LogP contribution in [-0.4, -0.2) is 73.8 Å². The van der Waals surface area contributed by atoms with E-state index in [9.17, 15) is 5.11 Å². The minimum atomic E-state index is -1.22. The molecule has 0 aromatic carbocycles. The Morgan fingerprint density at radius 3 is 2.61 bits per heavy atom. The number of nitrogens with two attached hydrogens (primary N) is 1. The van der Waals surface area contributed by atoms with E-state index in [1.807, 2.05) is 17.9 Å². The number of nitrogens with one attached hydrogen (secondary N) is 1. The van der Waals surface area contributed by atoms with Gasteiger partial charge in [-0.2, -0.15) is 9.97 Å². The summed E-state index contributed by atoms with van der Waals surface area (Å²) in [4.78, 5) is 15.4. The van der Waals surface area contributed by atoms with Gasteiger partial charge in [-0.05, 0) is 26.0 Å². The van der Waals surface area contributed by atoms with Crippen LogP contribution in [0.25, 0.3) is 0 Å². The molecule has 0 radical (unpaired) electrons. The molecule has 200 valence electrons. The topological polar surface area (TPSA) is 128 Å². The maximum atomic E-state index is 9.45. The first-order valence-electron chi connectivity index (χ1n) is 12.2. The highest BCUT2D eigenvalue weighted by Crippen LogP contribution is 2.29. The second-order valence-electron chi connectivity index (χ2n) is 9.89. The quantitative estimate of drug-likeness (QED) is 0.132. The van der Waals surface area contributed by atoms with Crippen molar-refractivity contribution in [1.29, 1.82) is 0 Å². The highest BCUT2D eigenvalue weighted by atomic mass is 28.3. The minimum Gasteiger partial charge on any atom is -0.489 e. The molecule has 2 heterocycles. The van der Waals surface area contributed by atoms with Crippen molar-refractivity contribution in [2.75, 3.05) is 43.8 Å². The van der Waals surface area contributed by atoms with Gasteiger partial charge in [-0.15, -0.1) is 6.58 Å². The molecule has 0 aliphatic rings. The van der Waals surface area contributed by atoms with Crippen molar-refractivity contribution in [3.8, 4) is 11.6 Å². The van der Waals surface area contributed by atoms with Crippen molar-refractivity contribution in [3.05, 3.63) is 42.2 Å². The smallest absolute Gasteiger partial charge is 0.227 e. The summed E-state index contributed by atoms with van der Waals surface area (Å²) in [6, 6.07) is 2.72. The van der Waals surface area contributed by atoms with Gasteiger partial charge in [0.25, 0.3) is 0 Å². The van der Waals surface area contributed by atoms with Gasteiger partial charge in [-0.25, -0.2) is 0 Å². The number of pyridine rings is 1. The van der Waals surface area contributed by atoms with E-state index >= 15 is 0 Å². The van der Waals surface area contributed by atoms with Crippen LogP contribution >= 0.6 is 0 Å². The minimum absolute atomic E-state index is 0.171. The van der Waals surface area contributed by atoms with Gasteiger partial charge in [0, 0.05) is 40.0 Å². The van der Waals surface area contributed by atoms with Gasteiger partial charge in [0.1, 0.15) is 31.5 Å². The maximum Gasteiger partial charge on any atom is 0.227 e. The van der Waals surface area contributed by atoms with E-state index in [1.165, 1.54) is 0 Å². The number of aliphatic hydroxyl groups excluding tert-OH is 1. The Labute approximate surface area is 215 Å². The number of aromatic nitrogens is 3. The maximum absolute atomic E-state index is 9.45. The molecule has 2 rings (SSSR count). The summed E-state index contributed by atoms with van der Waals surface area (Å²) >= 11 is 0. The summed E-state index contributed by atoms with van der Waals surface area (Å²) in [5, 5.41) is 12.5. The molecule has 2 atom stereocenters. The third-order valence-electron chi connectivity index (χ3n) is 5.35. The van der Waals surface area contributed by atoms with Gasteiger partial charge in [-0.1, -0.05) is 25.7 Å². The number of hydrogen-bond acceptors (Lipinski definition) is 10. The normalized spacial score (nSPS) is 13.1. The largest absolute Gasteiger partial charge is 0.489 e. The summed E-state index contributed by atoms with van der Waals surface area (Å²) in [5.41, 5.74) is 7.63. The van der Waals surface area contributed by atoms with Crippen LogP contribution in [0.5, 0.6) is 11.6 Å². The summed E-state index contributed by atoms with van der Waals surface area (Å²) in [6.45, 7) is 16.3. The molecule has 36 heavy (non-hydrogen) atoms. The fourth-order valence-electron chi connectivity index (χ4n) is 3.21. The number of rotatable bonds is 16. The summed E-state index contributed by atoms with van der Waals surface area (Å²) in [7, 11) is 0.542. The average Bonchev–Trinajstić information content (AvgIpc) is 2.84. The average molecular weight is 519 g/mol. The highest BCUT2D eigenvalue weighted by molar-refractivity contribution is 6.76. The van der Waals surface area contributed by atoms with Crippen LogP contribution in [0.2, 0.25) is 25.7 Å². The second kappa shape index (κ2) is 14.1. The first kappa shape index (κ1) is 29.5. The molecule has 0 saturated heterocycles. The number of hydrogen-bond donors (Lipinski definition) is 3. The Morgan fingerprint density at radius 2 is 2.00 bits per heavy atom. The first-order chi connectivity index (χ1) is 17.1. The predicted molar refractivity (Wildman–Crippen MR) is 147 cm³/mol. The molecule has 0 spiro atoms. The van der Waals surface area contributed by atoms with E-state index in [0.717, 1.165) is 17.2 Å². The lowest BCUT2D eigenvalue weighted by molar-refractivity contribution is 0.122. The van der Waals surface area contributed by atoms with Crippen molar-refractivity contribution in [2.24, 2.45) is 5.73 Å². The van der Waals surface area contributed by atoms with Crippen molar-refractivity contribution in [1.82, 2.24) is 15.0 Å². The van der Waals surface area contributed by atoms with Crippen molar-refractivity contribution >= 4 is 19.8 Å². The molecule has 2 aromatic rings. The van der Waals surface area contributed by atoms with Crippen molar-refractivity contribution < 1.29 is 19.3 Å².